The maximum Gasteiger partial charge on any atom is 0.241 e. The normalized spacial score (nSPS) is 11.3. The molecule has 0 spiro atoms. The van der Waals surface area contributed by atoms with Gasteiger partial charge in [-0.15, -0.1) is 0 Å². The third kappa shape index (κ3) is 4.79. The first-order chi connectivity index (χ1) is 10.8. The predicted molar refractivity (Wildman–Crippen MR) is 91.2 cm³/mol. The van der Waals surface area contributed by atoms with E-state index in [4.69, 9.17) is 11.6 Å². The van der Waals surface area contributed by atoms with Gasteiger partial charge in [-0.25, -0.2) is 13.1 Å². The van der Waals surface area contributed by atoms with Crippen molar-refractivity contribution < 1.29 is 13.2 Å². The monoisotopic (exact) mass is 352 g/mol. The molecule has 2 rings (SSSR count). The van der Waals surface area contributed by atoms with Gasteiger partial charge in [0.1, 0.15) is 0 Å². The molecule has 2 aromatic carbocycles. The average molecular weight is 353 g/mol. The van der Waals surface area contributed by atoms with Gasteiger partial charge in [-0.1, -0.05) is 29.8 Å². The van der Waals surface area contributed by atoms with E-state index in [0.29, 0.717) is 16.3 Å². The Morgan fingerprint density at radius 2 is 1.87 bits per heavy atom. The summed E-state index contributed by atoms with van der Waals surface area (Å²) < 4.78 is 26.9. The highest BCUT2D eigenvalue weighted by molar-refractivity contribution is 7.89. The van der Waals surface area contributed by atoms with Crippen molar-refractivity contribution in [3.8, 4) is 0 Å². The van der Waals surface area contributed by atoms with Gasteiger partial charge in [-0.2, -0.15) is 0 Å². The Morgan fingerprint density at radius 1 is 1.13 bits per heavy atom. The second-order valence-electron chi connectivity index (χ2n) is 5.15. The summed E-state index contributed by atoms with van der Waals surface area (Å²) in [6.45, 7) is 3.16. The van der Waals surface area contributed by atoms with Gasteiger partial charge in [0.15, 0.2) is 0 Å². The van der Waals surface area contributed by atoms with Crippen LogP contribution in [0.25, 0.3) is 0 Å². The molecule has 1 amide bonds. The molecule has 2 aromatic rings. The van der Waals surface area contributed by atoms with E-state index in [1.54, 1.807) is 43.3 Å². The van der Waals surface area contributed by atoms with Crippen LogP contribution in [0.4, 0.5) is 5.69 Å². The fourth-order valence-corrected chi connectivity index (χ4v) is 3.51. The number of anilines is 1. The lowest BCUT2D eigenvalue weighted by Crippen LogP contribution is -2.33. The van der Waals surface area contributed by atoms with Gasteiger partial charge in [0.2, 0.25) is 15.9 Å². The van der Waals surface area contributed by atoms with Crippen molar-refractivity contribution in [1.29, 1.82) is 0 Å². The zero-order valence-electron chi connectivity index (χ0n) is 12.8. The van der Waals surface area contributed by atoms with Gasteiger partial charge in [-0.05, 0) is 49.2 Å². The second-order valence-corrected chi connectivity index (χ2v) is 7.32. The second kappa shape index (κ2) is 7.12. The molecule has 0 saturated carbocycles. The van der Waals surface area contributed by atoms with E-state index in [0.717, 1.165) is 5.56 Å². The fourth-order valence-electron chi connectivity index (χ4n) is 2.01. The van der Waals surface area contributed by atoms with Crippen LogP contribution in [0.2, 0.25) is 5.02 Å². The first kappa shape index (κ1) is 17.5. The summed E-state index contributed by atoms with van der Waals surface area (Å²) in [5.74, 6) is -0.471. The molecule has 5 nitrogen and oxygen atoms in total. The lowest BCUT2D eigenvalue weighted by molar-refractivity contribution is -0.115. The zero-order valence-corrected chi connectivity index (χ0v) is 14.3. The van der Waals surface area contributed by atoms with Crippen LogP contribution < -0.4 is 10.0 Å². The number of benzene rings is 2. The van der Waals surface area contributed by atoms with Crippen LogP contribution in [-0.2, 0) is 14.8 Å². The number of rotatable bonds is 5. The Kier molecular flexibility index (Phi) is 5.41. The highest BCUT2D eigenvalue weighted by Crippen LogP contribution is 2.17. The van der Waals surface area contributed by atoms with Crippen molar-refractivity contribution in [3.05, 3.63) is 58.6 Å². The van der Waals surface area contributed by atoms with Gasteiger partial charge in [0.25, 0.3) is 0 Å². The van der Waals surface area contributed by atoms with Crippen LogP contribution in [0.15, 0.2) is 47.4 Å². The van der Waals surface area contributed by atoms with E-state index in [1.807, 2.05) is 13.0 Å². The molecule has 7 heteroatoms. The molecule has 0 atom stereocenters. The van der Waals surface area contributed by atoms with Crippen LogP contribution in [0.5, 0.6) is 0 Å². The SMILES string of the molecule is Cc1ccc(C)c(S(=O)(=O)NCC(=O)Nc2cccc(Cl)c2)c1. The summed E-state index contributed by atoms with van der Waals surface area (Å²) in [5, 5.41) is 3.07. The topological polar surface area (TPSA) is 75.3 Å². The maximum absolute atomic E-state index is 12.3. The number of amides is 1. The first-order valence-corrected chi connectivity index (χ1v) is 8.76. The highest BCUT2D eigenvalue weighted by atomic mass is 35.5. The third-order valence-corrected chi connectivity index (χ3v) is 4.94. The minimum atomic E-state index is -3.75. The zero-order chi connectivity index (χ0) is 17.0. The number of sulfonamides is 1. The standard InChI is InChI=1S/C16H17ClN2O3S/c1-11-6-7-12(2)15(8-11)23(21,22)18-10-16(20)19-14-5-3-4-13(17)9-14/h3-9,18H,10H2,1-2H3,(H,19,20). The molecule has 0 aliphatic heterocycles. The van der Waals surface area contributed by atoms with Gasteiger partial charge in [0.05, 0.1) is 11.4 Å². The molecular weight excluding hydrogens is 336 g/mol. The number of nitrogens with one attached hydrogen (secondary N) is 2. The van der Waals surface area contributed by atoms with E-state index < -0.39 is 15.9 Å². The molecule has 2 N–H and O–H groups in total. The van der Waals surface area contributed by atoms with Crippen molar-refractivity contribution in [2.24, 2.45) is 0 Å². The lowest BCUT2D eigenvalue weighted by Gasteiger charge is -2.10. The number of carbonyl (C=O) groups is 1. The van der Waals surface area contributed by atoms with Gasteiger partial charge < -0.3 is 5.32 Å². The average Bonchev–Trinajstić information content (AvgIpc) is 2.48. The largest absolute Gasteiger partial charge is 0.325 e. The molecule has 0 aromatic heterocycles. The lowest BCUT2D eigenvalue weighted by atomic mass is 10.2. The molecular formula is C16H17ClN2O3S. The van der Waals surface area contributed by atoms with Crippen molar-refractivity contribution in [2.75, 3.05) is 11.9 Å². The number of hydrogen-bond donors (Lipinski definition) is 2. The Balaban J connectivity index is 2.04. The smallest absolute Gasteiger partial charge is 0.241 e. The van der Waals surface area contributed by atoms with Crippen molar-refractivity contribution >= 4 is 33.2 Å². The van der Waals surface area contributed by atoms with Gasteiger partial charge in [-0.3, -0.25) is 4.79 Å². The summed E-state index contributed by atoms with van der Waals surface area (Å²) in [6.07, 6.45) is 0. The van der Waals surface area contributed by atoms with Gasteiger partial charge >= 0.3 is 0 Å². The quantitative estimate of drug-likeness (QED) is 0.868. The molecule has 0 unspecified atom stereocenters. The van der Waals surface area contributed by atoms with Crippen molar-refractivity contribution in [1.82, 2.24) is 4.72 Å². The molecule has 0 fully saturated rings. The molecule has 0 bridgehead atoms. The minimum Gasteiger partial charge on any atom is -0.325 e. The first-order valence-electron chi connectivity index (χ1n) is 6.90. The molecule has 0 aliphatic rings. The number of hydrogen-bond acceptors (Lipinski definition) is 3. The molecule has 23 heavy (non-hydrogen) atoms. The minimum absolute atomic E-state index is 0.174. The number of halogens is 1. The van der Waals surface area contributed by atoms with E-state index in [-0.39, 0.29) is 11.4 Å². The number of carbonyl (C=O) groups excluding carboxylic acids is 1. The van der Waals surface area contributed by atoms with E-state index in [2.05, 4.69) is 10.0 Å². The molecule has 0 saturated heterocycles. The Labute approximate surface area is 140 Å². The summed E-state index contributed by atoms with van der Waals surface area (Å²) in [4.78, 5) is 12.0. The Morgan fingerprint density at radius 3 is 2.57 bits per heavy atom. The maximum atomic E-state index is 12.3. The highest BCUT2D eigenvalue weighted by Gasteiger charge is 2.18. The van der Waals surface area contributed by atoms with Crippen LogP contribution in [0, 0.1) is 13.8 Å². The van der Waals surface area contributed by atoms with Gasteiger partial charge in [0, 0.05) is 10.7 Å². The van der Waals surface area contributed by atoms with E-state index in [9.17, 15) is 13.2 Å². The van der Waals surface area contributed by atoms with Crippen LogP contribution in [0.1, 0.15) is 11.1 Å². The summed E-state index contributed by atoms with van der Waals surface area (Å²) in [7, 11) is -3.75. The van der Waals surface area contributed by atoms with Crippen molar-refractivity contribution in [3.63, 3.8) is 0 Å². The Hall–Kier alpha value is -1.89. The summed E-state index contributed by atoms with van der Waals surface area (Å²) >= 11 is 5.83. The summed E-state index contributed by atoms with van der Waals surface area (Å²) in [6, 6.07) is 11.8. The predicted octanol–water partition coefficient (Wildman–Crippen LogP) is 2.87. The van der Waals surface area contributed by atoms with Crippen LogP contribution >= 0.6 is 11.6 Å². The molecule has 0 radical (unpaired) electrons. The number of aryl methyl sites for hydroxylation is 2. The van der Waals surface area contributed by atoms with Crippen LogP contribution in [-0.4, -0.2) is 20.9 Å². The Bertz CT molecular complexity index is 835. The molecule has 0 aliphatic carbocycles. The fraction of sp³-hybridized carbons (Fsp3) is 0.188. The van der Waals surface area contributed by atoms with E-state index in [1.165, 1.54) is 0 Å². The van der Waals surface area contributed by atoms with Crippen LogP contribution in [0.3, 0.4) is 0 Å². The van der Waals surface area contributed by atoms with E-state index >= 15 is 0 Å². The third-order valence-electron chi connectivity index (χ3n) is 3.16. The molecule has 0 heterocycles. The molecule has 122 valence electrons. The van der Waals surface area contributed by atoms with Crippen molar-refractivity contribution in [2.45, 2.75) is 18.7 Å². The summed E-state index contributed by atoms with van der Waals surface area (Å²) in [5.41, 5.74) is 1.96.